The maximum Gasteiger partial charge on any atom is 0.0353 e. The number of hydrogen-bond acceptors (Lipinski definition) is 1. The van der Waals surface area contributed by atoms with Crippen molar-refractivity contribution >= 4 is 28.3 Å². The van der Waals surface area contributed by atoms with Gasteiger partial charge in [0.15, 0.2) is 0 Å². The number of hydrogen-bond donors (Lipinski definition) is 1. The first-order valence-corrected chi connectivity index (χ1v) is 8.48. The fourth-order valence-corrected chi connectivity index (χ4v) is 3.74. The van der Waals surface area contributed by atoms with Gasteiger partial charge in [0, 0.05) is 21.2 Å². The van der Waals surface area contributed by atoms with E-state index in [9.17, 15) is 0 Å². The molecule has 0 bridgehead atoms. The summed E-state index contributed by atoms with van der Waals surface area (Å²) in [5, 5.41) is 3.77. The molecule has 20 heavy (non-hydrogen) atoms. The number of benzene rings is 2. The minimum absolute atomic E-state index is 0.560. The third-order valence-electron chi connectivity index (χ3n) is 4.17. The monoisotopic (exact) mass is 377 g/mol. The van der Waals surface area contributed by atoms with E-state index in [0.29, 0.717) is 12.0 Å². The van der Waals surface area contributed by atoms with Crippen LogP contribution in [0.1, 0.15) is 37.2 Å². The lowest BCUT2D eigenvalue weighted by Crippen LogP contribution is -2.30. The van der Waals surface area contributed by atoms with Gasteiger partial charge in [-0.25, -0.2) is 0 Å². The van der Waals surface area contributed by atoms with Gasteiger partial charge >= 0.3 is 0 Å². The Kier molecular flexibility index (Phi) is 4.61. The first kappa shape index (κ1) is 13.9. The van der Waals surface area contributed by atoms with Gasteiger partial charge in [0.1, 0.15) is 0 Å². The van der Waals surface area contributed by atoms with Gasteiger partial charge in [-0.1, -0.05) is 49.2 Å². The summed E-state index contributed by atoms with van der Waals surface area (Å²) in [6.45, 7) is 0. The molecule has 2 heteroatoms. The molecule has 0 amide bonds. The van der Waals surface area contributed by atoms with Crippen molar-refractivity contribution in [2.75, 3.05) is 5.32 Å². The van der Waals surface area contributed by atoms with Crippen molar-refractivity contribution in [2.45, 2.75) is 37.6 Å². The van der Waals surface area contributed by atoms with Crippen LogP contribution in [0.2, 0.25) is 0 Å². The van der Waals surface area contributed by atoms with E-state index in [1.165, 1.54) is 40.5 Å². The highest BCUT2D eigenvalue weighted by molar-refractivity contribution is 14.1. The predicted octanol–water partition coefficient (Wildman–Crippen LogP) is 5.43. The van der Waals surface area contributed by atoms with Crippen LogP contribution < -0.4 is 5.32 Å². The van der Waals surface area contributed by atoms with Crippen molar-refractivity contribution in [1.82, 2.24) is 0 Å². The van der Waals surface area contributed by atoms with Gasteiger partial charge in [-0.2, -0.15) is 0 Å². The summed E-state index contributed by atoms with van der Waals surface area (Å²) in [6.07, 6.45) is 5.26. The number of nitrogens with one attached hydrogen (secondary N) is 1. The normalized spacial score (nSPS) is 22.4. The molecule has 2 aromatic rings. The first-order valence-electron chi connectivity index (χ1n) is 7.40. The molecule has 2 unspecified atom stereocenters. The molecule has 1 aliphatic carbocycles. The molecule has 1 saturated carbocycles. The van der Waals surface area contributed by atoms with Crippen molar-refractivity contribution in [3.63, 3.8) is 0 Å². The fraction of sp³-hybridized carbons (Fsp3) is 0.333. The maximum absolute atomic E-state index is 3.77. The standard InChI is InChI=1S/C18H20IN/c19-15-9-6-10-16(13-15)20-18-12-5-4-11-17(18)14-7-2-1-3-8-14/h1-3,6-10,13,17-18,20H,4-5,11-12H2. The topological polar surface area (TPSA) is 12.0 Å². The van der Waals surface area contributed by atoms with E-state index in [1.807, 2.05) is 0 Å². The smallest absolute Gasteiger partial charge is 0.0353 e. The molecule has 2 atom stereocenters. The molecule has 2 aromatic carbocycles. The zero-order valence-electron chi connectivity index (χ0n) is 11.6. The molecule has 1 N–H and O–H groups in total. The Bertz CT molecular complexity index is 552. The zero-order chi connectivity index (χ0) is 13.8. The molecule has 0 radical (unpaired) electrons. The van der Waals surface area contributed by atoms with Crippen LogP contribution >= 0.6 is 22.6 Å². The van der Waals surface area contributed by atoms with Gasteiger partial charge in [0.05, 0.1) is 0 Å². The van der Waals surface area contributed by atoms with E-state index in [4.69, 9.17) is 0 Å². The fourth-order valence-electron chi connectivity index (χ4n) is 3.20. The van der Waals surface area contributed by atoms with E-state index in [-0.39, 0.29) is 0 Å². The van der Waals surface area contributed by atoms with E-state index >= 15 is 0 Å². The summed E-state index contributed by atoms with van der Waals surface area (Å²) in [5.41, 5.74) is 2.74. The molecule has 1 aliphatic rings. The van der Waals surface area contributed by atoms with Crippen molar-refractivity contribution in [1.29, 1.82) is 0 Å². The lowest BCUT2D eigenvalue weighted by molar-refractivity contribution is 0.405. The van der Waals surface area contributed by atoms with Crippen LogP contribution in [0, 0.1) is 3.57 Å². The summed E-state index contributed by atoms with van der Waals surface area (Å²) in [5.74, 6) is 0.641. The molecule has 104 valence electrons. The Balaban J connectivity index is 1.79. The van der Waals surface area contributed by atoms with E-state index in [2.05, 4.69) is 82.5 Å². The van der Waals surface area contributed by atoms with Crippen LogP contribution in [-0.2, 0) is 0 Å². The highest BCUT2D eigenvalue weighted by Crippen LogP contribution is 2.35. The van der Waals surface area contributed by atoms with Crippen molar-refractivity contribution in [3.05, 3.63) is 63.7 Å². The highest BCUT2D eigenvalue weighted by Gasteiger charge is 2.26. The van der Waals surface area contributed by atoms with Crippen LogP contribution in [0.15, 0.2) is 54.6 Å². The third kappa shape index (κ3) is 3.35. The molecule has 1 nitrogen and oxygen atoms in total. The van der Waals surface area contributed by atoms with Crippen LogP contribution in [0.4, 0.5) is 5.69 Å². The zero-order valence-corrected chi connectivity index (χ0v) is 13.7. The SMILES string of the molecule is Ic1cccc(NC2CCCCC2c2ccccc2)c1. The molecular weight excluding hydrogens is 357 g/mol. The van der Waals surface area contributed by atoms with Crippen LogP contribution in [-0.4, -0.2) is 6.04 Å². The Morgan fingerprint density at radius 2 is 1.70 bits per heavy atom. The third-order valence-corrected chi connectivity index (χ3v) is 4.84. The van der Waals surface area contributed by atoms with Crippen LogP contribution in [0.5, 0.6) is 0 Å². The second-order valence-electron chi connectivity index (χ2n) is 5.56. The second kappa shape index (κ2) is 6.61. The van der Waals surface area contributed by atoms with Crippen molar-refractivity contribution < 1.29 is 0 Å². The Hall–Kier alpha value is -1.03. The summed E-state index contributed by atoms with van der Waals surface area (Å²) in [7, 11) is 0. The Labute approximate surface area is 134 Å². The molecule has 3 rings (SSSR count). The van der Waals surface area contributed by atoms with E-state index in [0.717, 1.165) is 0 Å². The minimum Gasteiger partial charge on any atom is -0.382 e. The Morgan fingerprint density at radius 3 is 2.50 bits per heavy atom. The van der Waals surface area contributed by atoms with Gasteiger partial charge in [0.2, 0.25) is 0 Å². The van der Waals surface area contributed by atoms with Gasteiger partial charge in [-0.15, -0.1) is 0 Å². The van der Waals surface area contributed by atoms with Gasteiger partial charge < -0.3 is 5.32 Å². The summed E-state index contributed by atoms with van der Waals surface area (Å²) in [4.78, 5) is 0. The quantitative estimate of drug-likeness (QED) is 0.704. The summed E-state index contributed by atoms with van der Waals surface area (Å²) >= 11 is 2.38. The first-order chi connectivity index (χ1) is 9.83. The average Bonchev–Trinajstić information content (AvgIpc) is 2.49. The largest absolute Gasteiger partial charge is 0.382 e. The number of anilines is 1. The molecular formula is C18H20IN. The van der Waals surface area contributed by atoms with Gasteiger partial charge in [-0.05, 0) is 59.2 Å². The average molecular weight is 377 g/mol. The van der Waals surface area contributed by atoms with Crippen molar-refractivity contribution in [2.24, 2.45) is 0 Å². The molecule has 0 aliphatic heterocycles. The molecule has 0 spiro atoms. The van der Waals surface area contributed by atoms with Crippen LogP contribution in [0.3, 0.4) is 0 Å². The Morgan fingerprint density at radius 1 is 0.900 bits per heavy atom. The summed E-state index contributed by atoms with van der Waals surface area (Å²) < 4.78 is 1.29. The summed E-state index contributed by atoms with van der Waals surface area (Å²) in [6, 6.07) is 20.2. The number of halogens is 1. The highest BCUT2D eigenvalue weighted by atomic mass is 127. The molecule has 0 heterocycles. The lowest BCUT2D eigenvalue weighted by Gasteiger charge is -2.33. The predicted molar refractivity (Wildman–Crippen MR) is 94.2 cm³/mol. The molecule has 1 fully saturated rings. The lowest BCUT2D eigenvalue weighted by atomic mass is 9.80. The minimum atomic E-state index is 0.560. The van der Waals surface area contributed by atoms with E-state index in [1.54, 1.807) is 0 Å². The number of rotatable bonds is 3. The molecule has 0 saturated heterocycles. The maximum atomic E-state index is 3.77. The van der Waals surface area contributed by atoms with Crippen molar-refractivity contribution in [3.8, 4) is 0 Å². The second-order valence-corrected chi connectivity index (χ2v) is 6.81. The van der Waals surface area contributed by atoms with Gasteiger partial charge in [-0.3, -0.25) is 0 Å². The van der Waals surface area contributed by atoms with E-state index < -0.39 is 0 Å². The van der Waals surface area contributed by atoms with Gasteiger partial charge in [0.25, 0.3) is 0 Å². The molecule has 0 aromatic heterocycles. The van der Waals surface area contributed by atoms with Crippen LogP contribution in [0.25, 0.3) is 0 Å².